The molecule has 1 aliphatic heterocycles. The third-order valence-corrected chi connectivity index (χ3v) is 4.01. The topological polar surface area (TPSA) is 49.4 Å². The smallest absolute Gasteiger partial charge is 0.230 e. The van der Waals surface area contributed by atoms with Crippen LogP contribution in [0.1, 0.15) is 23.5 Å². The van der Waals surface area contributed by atoms with Gasteiger partial charge >= 0.3 is 0 Å². The Morgan fingerprint density at radius 1 is 1.22 bits per heavy atom. The number of nitrogens with zero attached hydrogens (tertiary/aromatic N) is 1. The van der Waals surface area contributed by atoms with Gasteiger partial charge in [-0.05, 0) is 29.3 Å². The maximum absolute atomic E-state index is 13.0. The van der Waals surface area contributed by atoms with E-state index in [-0.39, 0.29) is 24.1 Å². The van der Waals surface area contributed by atoms with Crippen LogP contribution in [0.2, 0.25) is 0 Å². The molecule has 0 aliphatic carbocycles. The molecule has 0 bridgehead atoms. The van der Waals surface area contributed by atoms with Gasteiger partial charge in [0.1, 0.15) is 5.82 Å². The number of rotatable bonds is 3. The molecule has 1 atom stereocenters. The second-order valence-electron chi connectivity index (χ2n) is 5.71. The number of anilines is 1. The lowest BCUT2D eigenvalue weighted by molar-refractivity contribution is -0.134. The Balaban J connectivity index is 1.79. The molecule has 0 radical (unpaired) electrons. The van der Waals surface area contributed by atoms with E-state index in [2.05, 4.69) is 5.32 Å². The van der Waals surface area contributed by atoms with Crippen molar-refractivity contribution in [2.75, 3.05) is 12.4 Å². The summed E-state index contributed by atoms with van der Waals surface area (Å²) < 4.78 is 13.0. The van der Waals surface area contributed by atoms with E-state index in [0.29, 0.717) is 12.2 Å². The van der Waals surface area contributed by atoms with Crippen molar-refractivity contribution in [1.82, 2.24) is 4.90 Å². The fourth-order valence-corrected chi connectivity index (χ4v) is 2.84. The molecule has 0 saturated heterocycles. The monoisotopic (exact) mass is 312 g/mol. The Bertz CT molecular complexity index is 743. The number of likely N-dealkylation sites (N-methyl/N-ethyl adjacent to an activating group) is 1. The van der Waals surface area contributed by atoms with Crippen LogP contribution < -0.4 is 5.32 Å². The predicted octanol–water partition coefficient (Wildman–Crippen LogP) is 2.91. The van der Waals surface area contributed by atoms with Crippen molar-refractivity contribution in [3.63, 3.8) is 0 Å². The average Bonchev–Trinajstić information content (AvgIpc) is 2.55. The van der Waals surface area contributed by atoms with E-state index in [1.54, 1.807) is 30.1 Å². The van der Waals surface area contributed by atoms with Crippen molar-refractivity contribution in [2.45, 2.75) is 18.9 Å². The molecule has 0 spiro atoms. The third kappa shape index (κ3) is 3.23. The molecule has 4 nitrogen and oxygen atoms in total. The summed E-state index contributed by atoms with van der Waals surface area (Å²) in [6.07, 6.45) is 0.142. The summed E-state index contributed by atoms with van der Waals surface area (Å²) in [4.78, 5) is 26.2. The Morgan fingerprint density at radius 3 is 2.65 bits per heavy atom. The number of hydrogen-bond donors (Lipinski definition) is 1. The first-order valence-corrected chi connectivity index (χ1v) is 7.43. The summed E-state index contributed by atoms with van der Waals surface area (Å²) in [5.41, 5.74) is 2.37. The van der Waals surface area contributed by atoms with Gasteiger partial charge in [0.15, 0.2) is 0 Å². The van der Waals surface area contributed by atoms with E-state index < -0.39 is 5.92 Å². The van der Waals surface area contributed by atoms with Crippen molar-refractivity contribution in [3.05, 3.63) is 65.5 Å². The summed E-state index contributed by atoms with van der Waals surface area (Å²) in [5.74, 6) is -1.06. The number of carbonyl (C=O) groups excluding carboxylic acids is 2. The normalized spacial score (nSPS) is 16.4. The first kappa shape index (κ1) is 15.2. The predicted molar refractivity (Wildman–Crippen MR) is 85.3 cm³/mol. The van der Waals surface area contributed by atoms with Crippen LogP contribution in [-0.2, 0) is 16.1 Å². The summed E-state index contributed by atoms with van der Waals surface area (Å²) >= 11 is 0. The van der Waals surface area contributed by atoms with Crippen LogP contribution in [0.3, 0.4) is 0 Å². The molecule has 1 N–H and O–H groups in total. The summed E-state index contributed by atoms with van der Waals surface area (Å²) in [6, 6.07) is 13.4. The van der Waals surface area contributed by atoms with Gasteiger partial charge in [0.2, 0.25) is 11.8 Å². The molecule has 0 aromatic heterocycles. The van der Waals surface area contributed by atoms with Crippen LogP contribution >= 0.6 is 0 Å². The van der Waals surface area contributed by atoms with E-state index in [9.17, 15) is 14.0 Å². The van der Waals surface area contributed by atoms with E-state index >= 15 is 0 Å². The minimum atomic E-state index is -0.481. The van der Waals surface area contributed by atoms with E-state index in [1.807, 2.05) is 18.2 Å². The number of nitrogens with one attached hydrogen (secondary N) is 1. The van der Waals surface area contributed by atoms with Crippen LogP contribution in [0.4, 0.5) is 10.1 Å². The summed E-state index contributed by atoms with van der Waals surface area (Å²) in [7, 11) is 1.70. The average molecular weight is 312 g/mol. The van der Waals surface area contributed by atoms with E-state index in [1.165, 1.54) is 12.1 Å². The number of benzene rings is 2. The van der Waals surface area contributed by atoms with Gasteiger partial charge in [0.05, 0.1) is 5.92 Å². The lowest BCUT2D eigenvalue weighted by atomic mass is 9.89. The molecular formula is C18H17FN2O2. The first-order valence-electron chi connectivity index (χ1n) is 7.43. The molecule has 1 aliphatic rings. The minimum Gasteiger partial charge on any atom is -0.341 e. The Labute approximate surface area is 133 Å². The maximum Gasteiger partial charge on any atom is 0.230 e. The van der Waals surface area contributed by atoms with Crippen molar-refractivity contribution >= 4 is 17.5 Å². The highest BCUT2D eigenvalue weighted by atomic mass is 19.1. The van der Waals surface area contributed by atoms with Crippen LogP contribution in [0.15, 0.2) is 48.5 Å². The number of amides is 2. The quantitative estimate of drug-likeness (QED) is 0.947. The van der Waals surface area contributed by atoms with E-state index in [4.69, 9.17) is 0 Å². The first-order chi connectivity index (χ1) is 11.0. The van der Waals surface area contributed by atoms with Crippen molar-refractivity contribution in [1.29, 1.82) is 0 Å². The highest BCUT2D eigenvalue weighted by Crippen LogP contribution is 2.33. The zero-order chi connectivity index (χ0) is 16.4. The second-order valence-corrected chi connectivity index (χ2v) is 5.71. The van der Waals surface area contributed by atoms with Crippen LogP contribution in [-0.4, -0.2) is 23.8 Å². The van der Waals surface area contributed by atoms with Crippen LogP contribution in [0.5, 0.6) is 0 Å². The number of hydrogen-bond acceptors (Lipinski definition) is 2. The molecule has 2 aromatic carbocycles. The summed E-state index contributed by atoms with van der Waals surface area (Å²) in [5, 5.41) is 2.79. The van der Waals surface area contributed by atoms with Crippen LogP contribution in [0.25, 0.3) is 0 Å². The molecule has 23 heavy (non-hydrogen) atoms. The van der Waals surface area contributed by atoms with Gasteiger partial charge in [0, 0.05) is 25.7 Å². The maximum atomic E-state index is 13.0. The molecule has 2 aromatic rings. The fraction of sp³-hybridized carbons (Fsp3) is 0.222. The van der Waals surface area contributed by atoms with Crippen LogP contribution in [0, 0.1) is 5.82 Å². The zero-order valence-electron chi connectivity index (χ0n) is 12.8. The van der Waals surface area contributed by atoms with Gasteiger partial charge in [-0.1, -0.05) is 30.3 Å². The second kappa shape index (κ2) is 6.20. The van der Waals surface area contributed by atoms with Crippen molar-refractivity contribution in [2.24, 2.45) is 0 Å². The van der Waals surface area contributed by atoms with Gasteiger partial charge in [0.25, 0.3) is 0 Å². The lowest BCUT2D eigenvalue weighted by Gasteiger charge is -2.28. The minimum absolute atomic E-state index is 0.114. The highest BCUT2D eigenvalue weighted by molar-refractivity contribution is 6.01. The molecule has 0 fully saturated rings. The van der Waals surface area contributed by atoms with Gasteiger partial charge in [-0.2, -0.15) is 0 Å². The summed E-state index contributed by atoms with van der Waals surface area (Å²) in [6.45, 7) is 0.374. The van der Waals surface area contributed by atoms with Gasteiger partial charge in [-0.25, -0.2) is 4.39 Å². The number of halogens is 1. The fourth-order valence-electron chi connectivity index (χ4n) is 2.84. The Morgan fingerprint density at radius 2 is 1.91 bits per heavy atom. The van der Waals surface area contributed by atoms with Crippen molar-refractivity contribution < 1.29 is 14.0 Å². The van der Waals surface area contributed by atoms with Crippen molar-refractivity contribution in [3.8, 4) is 0 Å². The lowest BCUT2D eigenvalue weighted by Crippen LogP contribution is -2.36. The Kier molecular flexibility index (Phi) is 4.10. The van der Waals surface area contributed by atoms with Gasteiger partial charge in [-0.15, -0.1) is 0 Å². The molecule has 3 rings (SSSR count). The molecule has 0 saturated carbocycles. The number of para-hydroxylation sites is 1. The zero-order valence-corrected chi connectivity index (χ0v) is 12.8. The number of fused-ring (bicyclic) bond motifs is 1. The SMILES string of the molecule is CN(Cc1ccc(F)cc1)C(=O)C1CC(=O)Nc2ccccc21. The Hall–Kier alpha value is -2.69. The molecule has 2 amide bonds. The van der Waals surface area contributed by atoms with Gasteiger partial charge < -0.3 is 10.2 Å². The van der Waals surface area contributed by atoms with E-state index in [0.717, 1.165) is 11.1 Å². The largest absolute Gasteiger partial charge is 0.341 e. The number of carbonyl (C=O) groups is 2. The molecule has 1 unspecified atom stereocenters. The van der Waals surface area contributed by atoms with Gasteiger partial charge in [-0.3, -0.25) is 9.59 Å². The standard InChI is InChI=1S/C18H17FN2O2/c1-21(11-12-6-8-13(19)9-7-12)18(23)15-10-17(22)20-16-5-3-2-4-14(15)16/h2-9,15H,10-11H2,1H3,(H,20,22). The molecule has 1 heterocycles. The molecule has 5 heteroatoms. The highest BCUT2D eigenvalue weighted by Gasteiger charge is 2.32. The molecule has 118 valence electrons. The third-order valence-electron chi connectivity index (χ3n) is 4.01. The molecular weight excluding hydrogens is 295 g/mol.